The van der Waals surface area contributed by atoms with Crippen molar-refractivity contribution in [1.82, 2.24) is 19.9 Å². The van der Waals surface area contributed by atoms with E-state index >= 15 is 0 Å². The van der Waals surface area contributed by atoms with Crippen LogP contribution in [0.15, 0.2) is 12.4 Å². The van der Waals surface area contributed by atoms with Gasteiger partial charge in [-0.1, -0.05) is 0 Å². The van der Waals surface area contributed by atoms with Crippen LogP contribution in [0.25, 0.3) is 0 Å². The predicted octanol–water partition coefficient (Wildman–Crippen LogP) is 0.656. The third kappa shape index (κ3) is 2.27. The Hall–Kier alpha value is -1.73. The molecule has 2 aromatic rings. The fourth-order valence-corrected chi connectivity index (χ4v) is 2.87. The van der Waals surface area contributed by atoms with Crippen molar-refractivity contribution in [3.8, 4) is 0 Å². The fraction of sp³-hybridized carbons (Fsp3) is 0.364. The van der Waals surface area contributed by atoms with Crippen LogP contribution < -0.4 is 11.5 Å². The molecular weight excluding hydrogens is 248 g/mol. The van der Waals surface area contributed by atoms with E-state index in [1.165, 1.54) is 16.2 Å². The van der Waals surface area contributed by atoms with E-state index in [1.807, 2.05) is 12.4 Å². The van der Waals surface area contributed by atoms with E-state index in [2.05, 4.69) is 19.9 Å². The van der Waals surface area contributed by atoms with E-state index in [4.69, 9.17) is 11.5 Å². The lowest BCUT2D eigenvalue weighted by atomic mass is 10.1. The standard InChI is InChI=1S/C11H14N6S/c12-10-14-3-7-5-17(2-1-9(7)16-10)6-8-4-15-11(13)18-8/h3-4H,1-2,5-6H2,(H2,13,15)(H2,12,14,16). The molecule has 0 radical (unpaired) electrons. The van der Waals surface area contributed by atoms with Gasteiger partial charge in [0.1, 0.15) is 0 Å². The summed E-state index contributed by atoms with van der Waals surface area (Å²) in [5.74, 6) is 0.359. The Morgan fingerprint density at radius 1 is 1.28 bits per heavy atom. The highest BCUT2D eigenvalue weighted by molar-refractivity contribution is 7.15. The number of hydrogen-bond acceptors (Lipinski definition) is 7. The maximum atomic E-state index is 5.63. The summed E-state index contributed by atoms with van der Waals surface area (Å²) in [7, 11) is 0. The molecule has 3 rings (SSSR count). The molecule has 0 spiro atoms. The first-order chi connectivity index (χ1) is 8.70. The lowest BCUT2D eigenvalue weighted by molar-refractivity contribution is 0.245. The second kappa shape index (κ2) is 4.51. The highest BCUT2D eigenvalue weighted by Gasteiger charge is 2.18. The zero-order chi connectivity index (χ0) is 12.5. The van der Waals surface area contributed by atoms with Gasteiger partial charge in [0.25, 0.3) is 0 Å². The Bertz CT molecular complexity index is 566. The molecule has 94 valence electrons. The van der Waals surface area contributed by atoms with Crippen LogP contribution in [0.1, 0.15) is 16.1 Å². The van der Waals surface area contributed by atoms with Crippen molar-refractivity contribution in [2.45, 2.75) is 19.5 Å². The zero-order valence-electron chi connectivity index (χ0n) is 9.83. The van der Waals surface area contributed by atoms with Gasteiger partial charge in [-0.05, 0) is 0 Å². The highest BCUT2D eigenvalue weighted by Crippen LogP contribution is 2.21. The van der Waals surface area contributed by atoms with Crippen LogP contribution in [0, 0.1) is 0 Å². The number of nitrogen functional groups attached to an aromatic ring is 2. The van der Waals surface area contributed by atoms with Crippen LogP contribution >= 0.6 is 11.3 Å². The molecule has 0 amide bonds. The van der Waals surface area contributed by atoms with Gasteiger partial charge in [-0.25, -0.2) is 15.0 Å². The normalized spacial score (nSPS) is 15.6. The molecule has 0 saturated heterocycles. The van der Waals surface area contributed by atoms with Crippen LogP contribution in [0.5, 0.6) is 0 Å². The number of rotatable bonds is 2. The molecule has 2 aromatic heterocycles. The first kappa shape index (κ1) is 11.4. The molecule has 7 heteroatoms. The maximum absolute atomic E-state index is 5.63. The van der Waals surface area contributed by atoms with Crippen molar-refractivity contribution in [2.75, 3.05) is 18.0 Å². The number of anilines is 2. The Kier molecular flexibility index (Phi) is 2.85. The highest BCUT2D eigenvalue weighted by atomic mass is 32.1. The van der Waals surface area contributed by atoms with Crippen molar-refractivity contribution >= 4 is 22.4 Å². The minimum absolute atomic E-state index is 0.359. The summed E-state index contributed by atoms with van der Waals surface area (Å²) in [6.45, 7) is 2.70. The molecule has 0 unspecified atom stereocenters. The average Bonchev–Trinajstić information content (AvgIpc) is 2.75. The van der Waals surface area contributed by atoms with E-state index in [0.29, 0.717) is 11.1 Å². The molecule has 0 atom stereocenters. The monoisotopic (exact) mass is 262 g/mol. The summed E-state index contributed by atoms with van der Waals surface area (Å²) < 4.78 is 0. The Balaban J connectivity index is 1.73. The second-order valence-corrected chi connectivity index (χ2v) is 5.47. The molecule has 1 aliphatic rings. The zero-order valence-corrected chi connectivity index (χ0v) is 10.7. The largest absolute Gasteiger partial charge is 0.375 e. The minimum Gasteiger partial charge on any atom is -0.375 e. The van der Waals surface area contributed by atoms with Gasteiger partial charge >= 0.3 is 0 Å². The average molecular weight is 262 g/mol. The summed E-state index contributed by atoms with van der Waals surface area (Å²) in [5, 5.41) is 0.624. The lowest BCUT2D eigenvalue weighted by Crippen LogP contribution is -2.30. The number of nitrogens with two attached hydrogens (primary N) is 2. The topological polar surface area (TPSA) is 94.0 Å². The van der Waals surface area contributed by atoms with Crippen LogP contribution in [0.2, 0.25) is 0 Å². The van der Waals surface area contributed by atoms with Crippen LogP contribution in [0.3, 0.4) is 0 Å². The summed E-state index contributed by atoms with van der Waals surface area (Å²) in [4.78, 5) is 15.9. The lowest BCUT2D eigenvalue weighted by Gasteiger charge is -2.27. The molecule has 1 aliphatic heterocycles. The number of nitrogens with zero attached hydrogens (tertiary/aromatic N) is 4. The fourth-order valence-electron chi connectivity index (χ4n) is 2.14. The molecule has 0 aromatic carbocycles. The van der Waals surface area contributed by atoms with Gasteiger partial charge in [0, 0.05) is 48.9 Å². The molecule has 3 heterocycles. The van der Waals surface area contributed by atoms with Gasteiger partial charge in [0.15, 0.2) is 5.13 Å². The van der Waals surface area contributed by atoms with Crippen molar-refractivity contribution in [3.05, 3.63) is 28.5 Å². The van der Waals surface area contributed by atoms with Gasteiger partial charge in [0.2, 0.25) is 5.95 Å². The van der Waals surface area contributed by atoms with E-state index in [0.717, 1.165) is 37.3 Å². The quantitative estimate of drug-likeness (QED) is 0.825. The molecule has 0 fully saturated rings. The number of thiazole rings is 1. The molecular formula is C11H14N6S. The molecule has 18 heavy (non-hydrogen) atoms. The molecule has 6 nitrogen and oxygen atoms in total. The number of aromatic nitrogens is 3. The van der Waals surface area contributed by atoms with Crippen LogP contribution in [0.4, 0.5) is 11.1 Å². The predicted molar refractivity (Wildman–Crippen MR) is 70.8 cm³/mol. The van der Waals surface area contributed by atoms with Gasteiger partial charge in [-0.2, -0.15) is 0 Å². The molecule has 0 bridgehead atoms. The third-order valence-corrected chi connectivity index (χ3v) is 3.79. The third-order valence-electron chi connectivity index (χ3n) is 2.98. The van der Waals surface area contributed by atoms with Crippen molar-refractivity contribution in [1.29, 1.82) is 0 Å². The summed E-state index contributed by atoms with van der Waals surface area (Å²) in [6.07, 6.45) is 4.58. The second-order valence-electron chi connectivity index (χ2n) is 4.33. The van der Waals surface area contributed by atoms with E-state index in [9.17, 15) is 0 Å². The Labute approximate surface area is 109 Å². The molecule has 0 aliphatic carbocycles. The van der Waals surface area contributed by atoms with Gasteiger partial charge < -0.3 is 11.5 Å². The molecule has 4 N–H and O–H groups in total. The van der Waals surface area contributed by atoms with Gasteiger partial charge in [-0.15, -0.1) is 11.3 Å². The molecule has 0 saturated carbocycles. The summed E-state index contributed by atoms with van der Waals surface area (Å²) in [5.41, 5.74) is 13.5. The summed E-state index contributed by atoms with van der Waals surface area (Å²) in [6, 6.07) is 0. The van der Waals surface area contributed by atoms with E-state index in [-0.39, 0.29) is 0 Å². The van der Waals surface area contributed by atoms with Gasteiger partial charge in [-0.3, -0.25) is 4.90 Å². The van der Waals surface area contributed by atoms with E-state index < -0.39 is 0 Å². The van der Waals surface area contributed by atoms with Crippen LogP contribution in [-0.2, 0) is 19.5 Å². The smallest absolute Gasteiger partial charge is 0.220 e. The Morgan fingerprint density at radius 3 is 2.94 bits per heavy atom. The van der Waals surface area contributed by atoms with E-state index in [1.54, 1.807) is 0 Å². The SMILES string of the molecule is Nc1ncc2c(n1)CCN(Cc1cnc(N)s1)C2. The van der Waals surface area contributed by atoms with Crippen LogP contribution in [-0.4, -0.2) is 26.4 Å². The van der Waals surface area contributed by atoms with Crippen molar-refractivity contribution < 1.29 is 0 Å². The first-order valence-electron chi connectivity index (χ1n) is 5.73. The van der Waals surface area contributed by atoms with Crippen molar-refractivity contribution in [2.24, 2.45) is 0 Å². The number of hydrogen-bond donors (Lipinski definition) is 2. The van der Waals surface area contributed by atoms with Crippen molar-refractivity contribution in [3.63, 3.8) is 0 Å². The van der Waals surface area contributed by atoms with Gasteiger partial charge in [0.05, 0.1) is 5.69 Å². The first-order valence-corrected chi connectivity index (χ1v) is 6.55. The Morgan fingerprint density at radius 2 is 2.17 bits per heavy atom. The number of fused-ring (bicyclic) bond motifs is 1. The summed E-state index contributed by atoms with van der Waals surface area (Å²) >= 11 is 1.54. The minimum atomic E-state index is 0.359. The maximum Gasteiger partial charge on any atom is 0.220 e.